The Kier molecular flexibility index (Phi) is 4.46. The van der Waals surface area contributed by atoms with E-state index in [4.69, 9.17) is 16.9 Å². The summed E-state index contributed by atoms with van der Waals surface area (Å²) in [5.41, 5.74) is 0.968. The Morgan fingerprint density at radius 2 is 2.05 bits per heavy atom. The minimum Gasteiger partial charge on any atom is -0.302 e. The van der Waals surface area contributed by atoms with E-state index in [0.29, 0.717) is 5.02 Å². The van der Waals surface area contributed by atoms with Crippen molar-refractivity contribution in [3.63, 3.8) is 0 Å². The third-order valence-corrected chi connectivity index (χ3v) is 3.82. The second-order valence-electron chi connectivity index (χ2n) is 3.95. The first-order chi connectivity index (χ1) is 9.15. The molecule has 0 N–H and O–H groups in total. The zero-order chi connectivity index (χ0) is 13.8. The summed E-state index contributed by atoms with van der Waals surface area (Å²) in [6.45, 7) is 4.64. The van der Waals surface area contributed by atoms with Crippen molar-refractivity contribution in [3.05, 3.63) is 29.3 Å². The summed E-state index contributed by atoms with van der Waals surface area (Å²) in [5.74, 6) is 0.798. The first-order valence-corrected chi connectivity index (χ1v) is 7.17. The lowest BCUT2D eigenvalue weighted by atomic mass is 10.2. The quantitative estimate of drug-likeness (QED) is 0.808. The van der Waals surface area contributed by atoms with Crippen LogP contribution in [0.3, 0.4) is 0 Å². The normalized spacial score (nSPS) is 12.1. The van der Waals surface area contributed by atoms with Crippen molar-refractivity contribution in [1.82, 2.24) is 14.8 Å². The Bertz CT molecular complexity index is 600. The summed E-state index contributed by atoms with van der Waals surface area (Å²) < 4.78 is 2.00. The van der Waals surface area contributed by atoms with E-state index < -0.39 is 0 Å². The molecule has 4 nitrogen and oxygen atoms in total. The average Bonchev–Trinajstić information content (AvgIpc) is 2.82. The van der Waals surface area contributed by atoms with Crippen LogP contribution in [0.5, 0.6) is 0 Å². The van der Waals surface area contributed by atoms with Crippen LogP contribution in [0, 0.1) is 11.3 Å². The van der Waals surface area contributed by atoms with Gasteiger partial charge in [0.25, 0.3) is 0 Å². The number of thioether (sulfide) groups is 1. The van der Waals surface area contributed by atoms with Crippen molar-refractivity contribution in [1.29, 1.82) is 5.26 Å². The molecule has 1 aromatic heterocycles. The fraction of sp³-hybridized carbons (Fsp3) is 0.308. The van der Waals surface area contributed by atoms with Gasteiger partial charge in [-0.2, -0.15) is 5.26 Å². The van der Waals surface area contributed by atoms with Crippen molar-refractivity contribution >= 4 is 23.4 Å². The molecule has 2 rings (SSSR count). The lowest BCUT2D eigenvalue weighted by Gasteiger charge is -2.07. The van der Waals surface area contributed by atoms with Crippen LogP contribution in [-0.4, -0.2) is 20.0 Å². The lowest BCUT2D eigenvalue weighted by Crippen LogP contribution is -2.02. The second kappa shape index (κ2) is 6.09. The molecule has 0 fully saturated rings. The van der Waals surface area contributed by atoms with Gasteiger partial charge in [-0.05, 0) is 38.1 Å². The number of halogens is 1. The van der Waals surface area contributed by atoms with Gasteiger partial charge in [-0.1, -0.05) is 23.4 Å². The van der Waals surface area contributed by atoms with E-state index in [1.54, 1.807) is 0 Å². The van der Waals surface area contributed by atoms with Gasteiger partial charge < -0.3 is 4.57 Å². The van der Waals surface area contributed by atoms with Gasteiger partial charge in [0.05, 0.1) is 11.3 Å². The minimum atomic E-state index is -0.146. The third kappa shape index (κ3) is 3.09. The van der Waals surface area contributed by atoms with Crippen molar-refractivity contribution in [2.75, 3.05) is 0 Å². The molecule has 0 amide bonds. The van der Waals surface area contributed by atoms with Crippen LogP contribution in [0.4, 0.5) is 0 Å². The fourth-order valence-electron chi connectivity index (χ4n) is 1.66. The molecule has 19 heavy (non-hydrogen) atoms. The maximum absolute atomic E-state index is 8.87. The van der Waals surface area contributed by atoms with Gasteiger partial charge in [-0.15, -0.1) is 10.2 Å². The molecule has 6 heteroatoms. The first-order valence-electron chi connectivity index (χ1n) is 5.91. The van der Waals surface area contributed by atoms with E-state index >= 15 is 0 Å². The van der Waals surface area contributed by atoms with E-state index in [0.717, 1.165) is 23.1 Å². The Morgan fingerprint density at radius 1 is 1.37 bits per heavy atom. The van der Waals surface area contributed by atoms with E-state index in [1.165, 1.54) is 11.8 Å². The van der Waals surface area contributed by atoms with E-state index in [1.807, 2.05) is 42.7 Å². The first kappa shape index (κ1) is 13.9. The maximum atomic E-state index is 8.87. The number of hydrogen-bond donors (Lipinski definition) is 0. The highest BCUT2D eigenvalue weighted by Crippen LogP contribution is 2.27. The van der Waals surface area contributed by atoms with Crippen molar-refractivity contribution in [3.8, 4) is 17.5 Å². The van der Waals surface area contributed by atoms with Crippen LogP contribution in [0.2, 0.25) is 5.02 Å². The molecule has 98 valence electrons. The standard InChI is InChI=1S/C13H13ClN4S/c1-3-18-12(10-4-6-11(14)7-5-10)16-17-13(18)19-9(2)8-15/h4-7,9H,3H2,1-2H3. The monoisotopic (exact) mass is 292 g/mol. The summed E-state index contributed by atoms with van der Waals surface area (Å²) in [6.07, 6.45) is 0. The summed E-state index contributed by atoms with van der Waals surface area (Å²) in [4.78, 5) is 0. The third-order valence-electron chi connectivity index (χ3n) is 2.60. The summed E-state index contributed by atoms with van der Waals surface area (Å²) in [7, 11) is 0. The summed E-state index contributed by atoms with van der Waals surface area (Å²) in [5, 5.41) is 18.6. The maximum Gasteiger partial charge on any atom is 0.192 e. The average molecular weight is 293 g/mol. The Hall–Kier alpha value is -1.51. The summed E-state index contributed by atoms with van der Waals surface area (Å²) >= 11 is 7.30. The molecule has 0 aliphatic heterocycles. The predicted molar refractivity (Wildman–Crippen MR) is 77.1 cm³/mol. The van der Waals surface area contributed by atoms with Crippen LogP contribution in [-0.2, 0) is 6.54 Å². The minimum absolute atomic E-state index is 0.146. The van der Waals surface area contributed by atoms with Crippen LogP contribution in [0.1, 0.15) is 13.8 Å². The number of nitriles is 1. The van der Waals surface area contributed by atoms with Crippen LogP contribution >= 0.6 is 23.4 Å². The van der Waals surface area contributed by atoms with Gasteiger partial charge in [0.1, 0.15) is 0 Å². The molecule has 2 aromatic rings. The van der Waals surface area contributed by atoms with Crippen LogP contribution in [0.25, 0.3) is 11.4 Å². The fourth-order valence-corrected chi connectivity index (χ4v) is 2.58. The van der Waals surface area contributed by atoms with Crippen molar-refractivity contribution < 1.29 is 0 Å². The van der Waals surface area contributed by atoms with E-state index in [9.17, 15) is 0 Å². The smallest absolute Gasteiger partial charge is 0.192 e. The molecule has 1 aromatic carbocycles. The molecule has 1 atom stereocenters. The topological polar surface area (TPSA) is 54.5 Å². The SMILES string of the molecule is CCn1c(SC(C)C#N)nnc1-c1ccc(Cl)cc1. The largest absolute Gasteiger partial charge is 0.302 e. The molecule has 0 aliphatic carbocycles. The lowest BCUT2D eigenvalue weighted by molar-refractivity contribution is 0.687. The number of nitrogens with zero attached hydrogens (tertiary/aromatic N) is 4. The molecule has 0 bridgehead atoms. The van der Waals surface area contributed by atoms with Crippen LogP contribution < -0.4 is 0 Å². The van der Waals surface area contributed by atoms with Gasteiger partial charge in [-0.25, -0.2) is 0 Å². The highest BCUT2D eigenvalue weighted by molar-refractivity contribution is 8.00. The van der Waals surface area contributed by atoms with Gasteiger partial charge in [0, 0.05) is 17.1 Å². The zero-order valence-electron chi connectivity index (χ0n) is 10.7. The molecule has 0 aliphatic rings. The Morgan fingerprint density at radius 3 is 2.63 bits per heavy atom. The van der Waals surface area contributed by atoms with Crippen molar-refractivity contribution in [2.45, 2.75) is 30.8 Å². The van der Waals surface area contributed by atoms with Gasteiger partial charge >= 0.3 is 0 Å². The molecule has 0 spiro atoms. The predicted octanol–water partition coefficient (Wildman–Crippen LogP) is 3.62. The Balaban J connectivity index is 2.37. The molecular weight excluding hydrogens is 280 g/mol. The van der Waals surface area contributed by atoms with E-state index in [-0.39, 0.29) is 5.25 Å². The van der Waals surface area contributed by atoms with Crippen LogP contribution in [0.15, 0.2) is 29.4 Å². The number of aromatic nitrogens is 3. The molecule has 1 heterocycles. The van der Waals surface area contributed by atoms with Crippen molar-refractivity contribution in [2.24, 2.45) is 0 Å². The number of rotatable bonds is 4. The second-order valence-corrected chi connectivity index (χ2v) is 5.69. The Labute approximate surface area is 121 Å². The molecule has 0 saturated heterocycles. The molecule has 0 radical (unpaired) electrons. The highest BCUT2D eigenvalue weighted by Gasteiger charge is 2.15. The summed E-state index contributed by atoms with van der Waals surface area (Å²) in [6, 6.07) is 9.68. The molecule has 1 unspecified atom stereocenters. The number of benzene rings is 1. The zero-order valence-corrected chi connectivity index (χ0v) is 12.2. The van der Waals surface area contributed by atoms with Gasteiger partial charge in [0.2, 0.25) is 0 Å². The molecule has 0 saturated carbocycles. The van der Waals surface area contributed by atoms with Gasteiger partial charge in [0.15, 0.2) is 11.0 Å². The highest BCUT2D eigenvalue weighted by atomic mass is 35.5. The molecular formula is C13H13ClN4S. The van der Waals surface area contributed by atoms with Gasteiger partial charge in [-0.3, -0.25) is 0 Å². The number of hydrogen-bond acceptors (Lipinski definition) is 4. The van der Waals surface area contributed by atoms with E-state index in [2.05, 4.69) is 16.3 Å².